The van der Waals surface area contributed by atoms with Crippen LogP contribution in [0.1, 0.15) is 28.6 Å². The fourth-order valence-electron chi connectivity index (χ4n) is 3.18. The summed E-state index contributed by atoms with van der Waals surface area (Å²) in [4.78, 5) is 30.8. The molecule has 0 radical (unpaired) electrons. The van der Waals surface area contributed by atoms with Gasteiger partial charge in [0.05, 0.1) is 17.1 Å². The third-order valence-corrected chi connectivity index (χ3v) is 6.21. The van der Waals surface area contributed by atoms with Gasteiger partial charge in [-0.3, -0.25) is 14.7 Å². The van der Waals surface area contributed by atoms with Crippen LogP contribution in [0.3, 0.4) is 0 Å². The first-order valence-electron chi connectivity index (χ1n) is 10.1. The topological polar surface area (TPSA) is 72.6 Å². The van der Waals surface area contributed by atoms with Gasteiger partial charge in [-0.2, -0.15) is 0 Å². The first-order chi connectivity index (χ1) is 15.5. The molecule has 3 aromatic rings. The minimum atomic E-state index is -0.356. The molecule has 2 aromatic heterocycles. The van der Waals surface area contributed by atoms with Crippen molar-refractivity contribution in [1.82, 2.24) is 9.88 Å². The maximum Gasteiger partial charge on any atom is 0.338 e. The number of pyridine rings is 1. The minimum absolute atomic E-state index is 0.120. The Kier molecular flexibility index (Phi) is 6.82. The number of hydrogen-bond acceptors (Lipinski definition) is 7. The van der Waals surface area contributed by atoms with Gasteiger partial charge in [-0.15, -0.1) is 0 Å². The molecule has 32 heavy (non-hydrogen) atoms. The molecule has 1 fully saturated rings. The molecule has 3 heterocycles. The van der Waals surface area contributed by atoms with Crippen molar-refractivity contribution in [2.75, 3.05) is 13.2 Å². The lowest BCUT2D eigenvalue weighted by atomic mass is 10.1. The zero-order valence-corrected chi connectivity index (χ0v) is 18.9. The summed E-state index contributed by atoms with van der Waals surface area (Å²) in [5.41, 5.74) is 2.41. The molecule has 1 aromatic carbocycles. The van der Waals surface area contributed by atoms with Crippen molar-refractivity contribution in [2.45, 2.75) is 13.3 Å². The van der Waals surface area contributed by atoms with E-state index in [1.807, 2.05) is 18.2 Å². The molecule has 0 saturated carbocycles. The number of amides is 1. The highest BCUT2D eigenvalue weighted by Crippen LogP contribution is 2.33. The predicted octanol–water partition coefficient (Wildman–Crippen LogP) is 4.96. The molecule has 1 saturated heterocycles. The van der Waals surface area contributed by atoms with Gasteiger partial charge in [0.25, 0.3) is 5.91 Å². The van der Waals surface area contributed by atoms with Crippen LogP contribution in [-0.2, 0) is 16.0 Å². The summed E-state index contributed by atoms with van der Waals surface area (Å²) in [6.07, 6.45) is 5.88. The number of aromatic nitrogens is 1. The molecule has 0 bridgehead atoms. The van der Waals surface area contributed by atoms with Gasteiger partial charge in [-0.25, -0.2) is 4.79 Å². The second-order valence-corrected chi connectivity index (χ2v) is 8.61. The lowest BCUT2D eigenvalue weighted by Gasteiger charge is -2.14. The van der Waals surface area contributed by atoms with E-state index in [0.717, 1.165) is 11.1 Å². The van der Waals surface area contributed by atoms with Crippen molar-refractivity contribution < 1.29 is 18.7 Å². The largest absolute Gasteiger partial charge is 0.462 e. The maximum absolute atomic E-state index is 12.8. The molecule has 162 valence electrons. The zero-order chi connectivity index (χ0) is 22.5. The van der Waals surface area contributed by atoms with Crippen LogP contribution in [0.2, 0.25) is 0 Å². The summed E-state index contributed by atoms with van der Waals surface area (Å²) in [6.45, 7) is 2.62. The van der Waals surface area contributed by atoms with Crippen molar-refractivity contribution in [1.29, 1.82) is 0 Å². The van der Waals surface area contributed by atoms with Crippen LogP contribution in [0.25, 0.3) is 17.4 Å². The molecular formula is C24H20N2O4S2. The highest BCUT2D eigenvalue weighted by molar-refractivity contribution is 8.26. The molecule has 0 atom stereocenters. The van der Waals surface area contributed by atoms with Crippen molar-refractivity contribution in [3.8, 4) is 11.3 Å². The molecule has 0 aliphatic carbocycles. The standard InChI is InChI=1S/C24H20N2O4S2/c1-2-29-23(28)18-5-3-17(4-6-18)20-8-7-19(30-20)15-21-22(27)26(24(31)32-21)14-11-16-9-12-25-13-10-16/h3-10,12-13,15H,2,11,14H2,1H3/b21-15-. The van der Waals surface area contributed by atoms with Crippen LogP contribution >= 0.6 is 24.0 Å². The van der Waals surface area contributed by atoms with Gasteiger partial charge in [0.1, 0.15) is 15.8 Å². The summed E-state index contributed by atoms with van der Waals surface area (Å²) in [6, 6.07) is 14.5. The number of thioether (sulfide) groups is 1. The summed E-state index contributed by atoms with van der Waals surface area (Å²) < 4.78 is 11.4. The monoisotopic (exact) mass is 464 g/mol. The van der Waals surface area contributed by atoms with Gasteiger partial charge in [0, 0.05) is 30.6 Å². The lowest BCUT2D eigenvalue weighted by Crippen LogP contribution is -2.30. The Labute approximate surface area is 195 Å². The third kappa shape index (κ3) is 4.98. The Morgan fingerprint density at radius 2 is 1.91 bits per heavy atom. The molecule has 4 rings (SSSR count). The summed E-state index contributed by atoms with van der Waals surface area (Å²) in [5.74, 6) is 0.722. The number of ether oxygens (including phenoxy) is 1. The van der Waals surface area contributed by atoms with E-state index >= 15 is 0 Å². The smallest absolute Gasteiger partial charge is 0.338 e. The molecule has 8 heteroatoms. The third-order valence-electron chi connectivity index (χ3n) is 4.83. The first-order valence-corrected chi connectivity index (χ1v) is 11.3. The summed E-state index contributed by atoms with van der Waals surface area (Å²) in [7, 11) is 0. The molecule has 6 nitrogen and oxygen atoms in total. The van der Waals surface area contributed by atoms with Crippen LogP contribution in [0.15, 0.2) is 70.2 Å². The van der Waals surface area contributed by atoms with Gasteiger partial charge in [-0.05, 0) is 55.3 Å². The SMILES string of the molecule is CCOC(=O)c1ccc(-c2ccc(/C=C3\SC(=S)N(CCc4ccncc4)C3=O)o2)cc1. The highest BCUT2D eigenvalue weighted by atomic mass is 32.2. The van der Waals surface area contributed by atoms with E-state index in [-0.39, 0.29) is 11.9 Å². The van der Waals surface area contributed by atoms with E-state index < -0.39 is 0 Å². The van der Waals surface area contributed by atoms with Gasteiger partial charge < -0.3 is 9.15 Å². The Morgan fingerprint density at radius 3 is 2.62 bits per heavy atom. The fraction of sp³-hybridized carbons (Fsp3) is 0.167. The quantitative estimate of drug-likeness (QED) is 0.278. The van der Waals surface area contributed by atoms with Crippen molar-refractivity contribution in [2.24, 2.45) is 0 Å². The Morgan fingerprint density at radius 1 is 1.16 bits per heavy atom. The second-order valence-electron chi connectivity index (χ2n) is 6.94. The van der Waals surface area contributed by atoms with Crippen LogP contribution in [0.5, 0.6) is 0 Å². The first kappa shape index (κ1) is 22.0. The van der Waals surface area contributed by atoms with Crippen LogP contribution in [0.4, 0.5) is 0 Å². The molecule has 1 aliphatic rings. The molecule has 0 spiro atoms. The number of thiocarbonyl (C=S) groups is 1. The van der Waals surface area contributed by atoms with E-state index in [2.05, 4.69) is 4.98 Å². The normalized spacial score (nSPS) is 14.9. The number of rotatable bonds is 7. The molecule has 1 amide bonds. The zero-order valence-electron chi connectivity index (χ0n) is 17.3. The number of furan rings is 1. The van der Waals surface area contributed by atoms with Gasteiger partial charge >= 0.3 is 5.97 Å². The summed E-state index contributed by atoms with van der Waals surface area (Å²) >= 11 is 6.68. The van der Waals surface area contributed by atoms with E-state index in [4.69, 9.17) is 21.4 Å². The number of carbonyl (C=O) groups excluding carboxylic acids is 2. The Balaban J connectivity index is 1.44. The number of carbonyl (C=O) groups is 2. The van der Waals surface area contributed by atoms with Crippen LogP contribution in [0, 0.1) is 0 Å². The van der Waals surface area contributed by atoms with E-state index in [1.165, 1.54) is 11.8 Å². The summed E-state index contributed by atoms with van der Waals surface area (Å²) in [5, 5.41) is 0. The number of esters is 1. The number of hydrogen-bond donors (Lipinski definition) is 0. The van der Waals surface area contributed by atoms with Crippen molar-refractivity contribution in [3.63, 3.8) is 0 Å². The minimum Gasteiger partial charge on any atom is -0.462 e. The molecule has 0 N–H and O–H groups in total. The maximum atomic E-state index is 12.8. The average Bonchev–Trinajstić information content (AvgIpc) is 3.38. The average molecular weight is 465 g/mol. The van der Waals surface area contributed by atoms with Gasteiger partial charge in [0.15, 0.2) is 0 Å². The van der Waals surface area contributed by atoms with E-state index in [0.29, 0.717) is 45.9 Å². The highest BCUT2D eigenvalue weighted by Gasteiger charge is 2.31. The molecule has 0 unspecified atom stereocenters. The van der Waals surface area contributed by atoms with Gasteiger partial charge in [0.2, 0.25) is 0 Å². The van der Waals surface area contributed by atoms with Crippen LogP contribution in [-0.4, -0.2) is 39.2 Å². The number of benzene rings is 1. The Bertz CT molecular complexity index is 1170. The second kappa shape index (κ2) is 9.93. The predicted molar refractivity (Wildman–Crippen MR) is 128 cm³/mol. The molecule has 1 aliphatic heterocycles. The van der Waals surface area contributed by atoms with Gasteiger partial charge in [-0.1, -0.05) is 36.1 Å². The Hall–Kier alpha value is -3.23. The van der Waals surface area contributed by atoms with Crippen molar-refractivity contribution in [3.05, 3.63) is 82.7 Å². The fourth-order valence-corrected chi connectivity index (χ4v) is 4.47. The lowest BCUT2D eigenvalue weighted by molar-refractivity contribution is -0.122. The van der Waals surface area contributed by atoms with Crippen LogP contribution < -0.4 is 0 Å². The van der Waals surface area contributed by atoms with E-state index in [1.54, 1.807) is 60.6 Å². The van der Waals surface area contributed by atoms with E-state index in [9.17, 15) is 9.59 Å². The number of nitrogens with zero attached hydrogens (tertiary/aromatic N) is 2. The molecular weight excluding hydrogens is 444 g/mol. The van der Waals surface area contributed by atoms with Crippen molar-refractivity contribution >= 4 is 46.3 Å².